The van der Waals surface area contributed by atoms with E-state index >= 15 is 0 Å². The minimum Gasteiger partial charge on any atom is -0.360 e. The van der Waals surface area contributed by atoms with Crippen LogP contribution in [0, 0.1) is 6.92 Å². The Morgan fingerprint density at radius 1 is 1.16 bits per heavy atom. The Kier molecular flexibility index (Phi) is 2.87. The average molecular weight is 277 g/mol. The number of nitrogens with one attached hydrogen (secondary N) is 1. The molecule has 0 amide bonds. The van der Waals surface area contributed by atoms with Gasteiger partial charge < -0.3 is 4.98 Å². The number of benzene rings is 1. The van der Waals surface area contributed by atoms with Gasteiger partial charge in [-0.15, -0.1) is 0 Å². The summed E-state index contributed by atoms with van der Waals surface area (Å²) in [6, 6.07) is 4.62. The Bertz CT molecular complexity index is 641. The van der Waals surface area contributed by atoms with Crippen LogP contribution >= 0.6 is 0 Å². The fourth-order valence-corrected chi connectivity index (χ4v) is 1.84. The van der Waals surface area contributed by atoms with Crippen LogP contribution in [0.1, 0.15) is 15.9 Å². The molecule has 0 saturated carbocycles. The number of hydrogen-bond acceptors (Lipinski definition) is 1. The predicted molar refractivity (Wildman–Crippen MR) is 58.4 cm³/mol. The molecule has 0 aliphatic heterocycles. The normalized spacial score (nSPS) is 12.9. The minimum absolute atomic E-state index is 0.0800. The number of ketones is 1. The monoisotopic (exact) mass is 277 g/mol. The molecule has 0 radical (unpaired) electrons. The number of alkyl halides is 5. The van der Waals surface area contributed by atoms with Gasteiger partial charge in [0.25, 0.3) is 0 Å². The standard InChI is InChI=1S/C12H8F5NO/c1-6-3-2-4-8-9(6)7(5-18-8)10(19)11(13,14)12(15,16)17/h2-5,18H,1H3. The van der Waals surface area contributed by atoms with Crippen molar-refractivity contribution in [1.29, 1.82) is 0 Å². The van der Waals surface area contributed by atoms with Crippen molar-refractivity contribution in [3.63, 3.8) is 0 Å². The lowest BCUT2D eigenvalue weighted by Gasteiger charge is -2.17. The average Bonchev–Trinajstić information content (AvgIpc) is 2.71. The maximum atomic E-state index is 13.1. The van der Waals surface area contributed by atoms with Crippen LogP contribution in [-0.2, 0) is 0 Å². The predicted octanol–water partition coefficient (Wildman–Crippen LogP) is 3.86. The van der Waals surface area contributed by atoms with Gasteiger partial charge in [0.1, 0.15) is 0 Å². The van der Waals surface area contributed by atoms with Gasteiger partial charge in [-0.2, -0.15) is 22.0 Å². The zero-order valence-electron chi connectivity index (χ0n) is 9.61. The molecule has 0 atom stereocenters. The van der Waals surface area contributed by atoms with Crippen LogP contribution in [0.15, 0.2) is 24.4 Å². The van der Waals surface area contributed by atoms with Gasteiger partial charge in [0.15, 0.2) is 0 Å². The highest BCUT2D eigenvalue weighted by Crippen LogP contribution is 2.39. The molecule has 102 valence electrons. The second kappa shape index (κ2) is 4.04. The number of aryl methyl sites for hydroxylation is 1. The fourth-order valence-electron chi connectivity index (χ4n) is 1.84. The molecule has 1 heterocycles. The molecule has 1 aromatic carbocycles. The number of Topliss-reactive ketones (excluding diaryl/α,β-unsaturated/α-hetero) is 1. The van der Waals surface area contributed by atoms with Crippen molar-refractivity contribution in [2.75, 3.05) is 0 Å². The van der Waals surface area contributed by atoms with Crippen LogP contribution in [-0.4, -0.2) is 22.9 Å². The molecule has 19 heavy (non-hydrogen) atoms. The van der Waals surface area contributed by atoms with Crippen LogP contribution < -0.4 is 0 Å². The Balaban J connectivity index is 2.61. The van der Waals surface area contributed by atoms with Crippen LogP contribution in [0.5, 0.6) is 0 Å². The number of aromatic nitrogens is 1. The first-order valence-corrected chi connectivity index (χ1v) is 5.22. The summed E-state index contributed by atoms with van der Waals surface area (Å²) in [4.78, 5) is 14.0. The number of carbonyl (C=O) groups is 1. The molecule has 2 aromatic rings. The molecule has 0 aliphatic carbocycles. The number of rotatable bonds is 2. The van der Waals surface area contributed by atoms with Crippen molar-refractivity contribution >= 4 is 16.7 Å². The molecule has 2 nitrogen and oxygen atoms in total. The summed E-state index contributed by atoms with van der Waals surface area (Å²) in [5.41, 5.74) is 0.122. The molecule has 0 saturated heterocycles. The summed E-state index contributed by atoms with van der Waals surface area (Å²) in [5.74, 6) is -7.65. The summed E-state index contributed by atoms with van der Waals surface area (Å²) in [5, 5.41) is 0.0800. The molecule has 1 aromatic heterocycles. The summed E-state index contributed by atoms with van der Waals surface area (Å²) in [6.07, 6.45) is -5.03. The van der Waals surface area contributed by atoms with Gasteiger partial charge in [0, 0.05) is 22.7 Å². The first-order valence-electron chi connectivity index (χ1n) is 5.22. The zero-order valence-corrected chi connectivity index (χ0v) is 9.61. The Labute approximate surface area is 104 Å². The topological polar surface area (TPSA) is 32.9 Å². The highest BCUT2D eigenvalue weighted by atomic mass is 19.4. The van der Waals surface area contributed by atoms with Crippen molar-refractivity contribution in [3.05, 3.63) is 35.5 Å². The third-order valence-electron chi connectivity index (χ3n) is 2.80. The summed E-state index contributed by atoms with van der Waals surface area (Å²) in [6.45, 7) is 1.53. The fraction of sp³-hybridized carbons (Fsp3) is 0.250. The van der Waals surface area contributed by atoms with E-state index in [1.807, 2.05) is 0 Å². The lowest BCUT2D eigenvalue weighted by molar-refractivity contribution is -0.255. The summed E-state index contributed by atoms with van der Waals surface area (Å²) in [7, 11) is 0. The second-order valence-electron chi connectivity index (χ2n) is 4.10. The number of carbonyl (C=O) groups excluding carboxylic acids is 1. The molecular formula is C12H8F5NO. The molecule has 0 aliphatic rings. The minimum atomic E-state index is -5.91. The lowest BCUT2D eigenvalue weighted by Crippen LogP contribution is -2.44. The third kappa shape index (κ3) is 1.98. The molecule has 2 rings (SSSR count). The Morgan fingerprint density at radius 3 is 2.37 bits per heavy atom. The molecule has 0 unspecified atom stereocenters. The van der Waals surface area contributed by atoms with Crippen molar-refractivity contribution < 1.29 is 26.7 Å². The number of hydrogen-bond donors (Lipinski definition) is 1. The summed E-state index contributed by atoms with van der Waals surface area (Å²) >= 11 is 0. The van der Waals surface area contributed by atoms with E-state index in [4.69, 9.17) is 0 Å². The van der Waals surface area contributed by atoms with E-state index in [0.29, 0.717) is 11.1 Å². The lowest BCUT2D eigenvalue weighted by atomic mass is 10.0. The van der Waals surface area contributed by atoms with Crippen LogP contribution in [0.25, 0.3) is 10.9 Å². The van der Waals surface area contributed by atoms with E-state index in [-0.39, 0.29) is 5.39 Å². The van der Waals surface area contributed by atoms with Gasteiger partial charge in [-0.3, -0.25) is 4.79 Å². The van der Waals surface area contributed by atoms with E-state index in [1.165, 1.54) is 19.1 Å². The first-order chi connectivity index (χ1) is 8.66. The smallest absolute Gasteiger partial charge is 0.360 e. The van der Waals surface area contributed by atoms with E-state index in [9.17, 15) is 26.7 Å². The van der Waals surface area contributed by atoms with E-state index in [2.05, 4.69) is 4.98 Å². The highest BCUT2D eigenvalue weighted by molar-refractivity contribution is 6.12. The van der Waals surface area contributed by atoms with E-state index < -0.39 is 23.4 Å². The van der Waals surface area contributed by atoms with E-state index in [1.54, 1.807) is 6.07 Å². The molecule has 7 heteroatoms. The first kappa shape index (κ1) is 13.5. The van der Waals surface area contributed by atoms with Gasteiger partial charge in [-0.25, -0.2) is 0 Å². The molecule has 0 spiro atoms. The molecule has 0 bridgehead atoms. The molecule has 0 fully saturated rings. The molecule has 1 N–H and O–H groups in total. The van der Waals surface area contributed by atoms with Gasteiger partial charge in [-0.1, -0.05) is 12.1 Å². The van der Waals surface area contributed by atoms with Gasteiger partial charge in [-0.05, 0) is 18.6 Å². The second-order valence-corrected chi connectivity index (χ2v) is 4.10. The number of halogens is 5. The van der Waals surface area contributed by atoms with Crippen LogP contribution in [0.2, 0.25) is 0 Å². The maximum Gasteiger partial charge on any atom is 0.461 e. The number of fused-ring (bicyclic) bond motifs is 1. The maximum absolute atomic E-state index is 13.1. The number of H-pyrrole nitrogens is 1. The Morgan fingerprint density at radius 2 is 1.79 bits per heavy atom. The quantitative estimate of drug-likeness (QED) is 0.656. The SMILES string of the molecule is Cc1cccc2[nH]cc(C(=O)C(F)(F)C(F)(F)F)c12. The molecular weight excluding hydrogens is 269 g/mol. The highest BCUT2D eigenvalue weighted by Gasteiger charge is 2.63. The van der Waals surface area contributed by atoms with Crippen molar-refractivity contribution in [2.24, 2.45) is 0 Å². The largest absolute Gasteiger partial charge is 0.461 e. The summed E-state index contributed by atoms with van der Waals surface area (Å²) < 4.78 is 62.7. The van der Waals surface area contributed by atoms with Gasteiger partial charge in [0.05, 0.1) is 0 Å². The number of aromatic amines is 1. The Hall–Kier alpha value is -1.92. The van der Waals surface area contributed by atoms with E-state index in [0.717, 1.165) is 6.20 Å². The third-order valence-corrected chi connectivity index (χ3v) is 2.80. The van der Waals surface area contributed by atoms with Crippen molar-refractivity contribution in [1.82, 2.24) is 4.98 Å². The van der Waals surface area contributed by atoms with Gasteiger partial charge >= 0.3 is 12.1 Å². The zero-order chi connectivity index (χ0) is 14.4. The van der Waals surface area contributed by atoms with Crippen molar-refractivity contribution in [3.8, 4) is 0 Å². The van der Waals surface area contributed by atoms with Gasteiger partial charge in [0.2, 0.25) is 5.78 Å². The van der Waals surface area contributed by atoms with Crippen LogP contribution in [0.4, 0.5) is 22.0 Å². The van der Waals surface area contributed by atoms with Crippen LogP contribution in [0.3, 0.4) is 0 Å². The van der Waals surface area contributed by atoms with Crippen molar-refractivity contribution in [2.45, 2.75) is 19.0 Å².